The van der Waals surface area contributed by atoms with Gasteiger partial charge in [0.1, 0.15) is 12.4 Å². The second-order valence-electron chi connectivity index (χ2n) is 5.85. The van der Waals surface area contributed by atoms with Gasteiger partial charge < -0.3 is 14.8 Å². The van der Waals surface area contributed by atoms with Gasteiger partial charge in [-0.3, -0.25) is 9.48 Å². The number of carbonyl (C=O) groups is 1. The number of benzene rings is 1. The minimum atomic E-state index is -0.0852. The number of nitrogens with zero attached hydrogens (tertiary/aromatic N) is 2. The highest BCUT2D eigenvalue weighted by molar-refractivity contribution is 5.94. The zero-order valence-electron chi connectivity index (χ0n) is 13.7. The summed E-state index contributed by atoms with van der Waals surface area (Å²) in [6.07, 6.45) is 6.80. The van der Waals surface area contributed by atoms with E-state index in [1.54, 1.807) is 18.3 Å². The molecule has 1 fully saturated rings. The molecule has 6 nitrogen and oxygen atoms in total. The average molecular weight is 329 g/mol. The molecule has 0 radical (unpaired) electrons. The van der Waals surface area contributed by atoms with Gasteiger partial charge in [-0.1, -0.05) is 6.07 Å². The van der Waals surface area contributed by atoms with Gasteiger partial charge in [-0.25, -0.2) is 0 Å². The van der Waals surface area contributed by atoms with E-state index in [0.29, 0.717) is 24.5 Å². The maximum Gasteiger partial charge on any atom is 0.251 e. The lowest BCUT2D eigenvalue weighted by atomic mass is 10.2. The molecule has 0 bridgehead atoms. The van der Waals surface area contributed by atoms with Crippen LogP contribution in [0.1, 0.15) is 29.6 Å². The summed E-state index contributed by atoms with van der Waals surface area (Å²) >= 11 is 0. The van der Waals surface area contributed by atoms with Crippen LogP contribution >= 0.6 is 0 Å². The highest BCUT2D eigenvalue weighted by atomic mass is 16.5. The quantitative estimate of drug-likeness (QED) is 0.755. The third-order valence-corrected chi connectivity index (χ3v) is 3.96. The van der Waals surface area contributed by atoms with E-state index >= 15 is 0 Å². The number of carbonyl (C=O) groups excluding carboxylic acids is 1. The fraction of sp³-hybridized carbons (Fsp3) is 0.444. The first-order valence-electron chi connectivity index (χ1n) is 8.41. The highest BCUT2D eigenvalue weighted by Crippen LogP contribution is 2.17. The molecule has 6 heteroatoms. The smallest absolute Gasteiger partial charge is 0.251 e. The third-order valence-electron chi connectivity index (χ3n) is 3.96. The minimum absolute atomic E-state index is 0.0852. The van der Waals surface area contributed by atoms with Crippen molar-refractivity contribution in [3.05, 3.63) is 48.3 Å². The normalized spacial score (nSPS) is 16.9. The van der Waals surface area contributed by atoms with E-state index in [4.69, 9.17) is 9.47 Å². The van der Waals surface area contributed by atoms with E-state index in [0.717, 1.165) is 32.4 Å². The van der Waals surface area contributed by atoms with Crippen molar-refractivity contribution in [1.82, 2.24) is 15.1 Å². The number of aromatic nitrogens is 2. The van der Waals surface area contributed by atoms with Crippen molar-refractivity contribution in [1.29, 1.82) is 0 Å². The zero-order valence-corrected chi connectivity index (χ0v) is 13.7. The van der Waals surface area contributed by atoms with Crippen LogP contribution < -0.4 is 10.1 Å². The third kappa shape index (κ3) is 4.83. The molecule has 128 valence electrons. The minimum Gasteiger partial charge on any atom is -0.491 e. The van der Waals surface area contributed by atoms with Crippen molar-refractivity contribution in [3.8, 4) is 5.75 Å². The van der Waals surface area contributed by atoms with Crippen LogP contribution in [0.15, 0.2) is 42.7 Å². The highest BCUT2D eigenvalue weighted by Gasteiger charge is 2.16. The summed E-state index contributed by atoms with van der Waals surface area (Å²) in [7, 11) is 0. The van der Waals surface area contributed by atoms with Gasteiger partial charge in [-0.15, -0.1) is 0 Å². The predicted molar refractivity (Wildman–Crippen MR) is 90.1 cm³/mol. The van der Waals surface area contributed by atoms with Gasteiger partial charge in [0.25, 0.3) is 5.91 Å². The molecule has 0 saturated carbocycles. The van der Waals surface area contributed by atoms with Gasteiger partial charge in [0.15, 0.2) is 0 Å². The van der Waals surface area contributed by atoms with E-state index in [1.165, 1.54) is 0 Å². The van der Waals surface area contributed by atoms with Gasteiger partial charge in [0, 0.05) is 37.7 Å². The van der Waals surface area contributed by atoms with Gasteiger partial charge in [-0.05, 0) is 43.5 Å². The van der Waals surface area contributed by atoms with E-state index < -0.39 is 0 Å². The molecule has 3 rings (SSSR count). The van der Waals surface area contributed by atoms with Crippen molar-refractivity contribution in [2.45, 2.75) is 31.9 Å². The molecule has 1 aliphatic rings. The Labute approximate surface area is 141 Å². The number of rotatable bonds is 8. The second kappa shape index (κ2) is 8.49. The fourth-order valence-corrected chi connectivity index (χ4v) is 2.67. The molecular weight excluding hydrogens is 306 g/mol. The average Bonchev–Trinajstić information content (AvgIpc) is 3.30. The molecule has 24 heavy (non-hydrogen) atoms. The lowest BCUT2D eigenvalue weighted by Gasteiger charge is -2.12. The van der Waals surface area contributed by atoms with Crippen LogP contribution in [0.3, 0.4) is 0 Å². The maximum atomic E-state index is 12.2. The second-order valence-corrected chi connectivity index (χ2v) is 5.85. The molecular formula is C18H23N3O3. The van der Waals surface area contributed by atoms with Crippen LogP contribution in [-0.2, 0) is 11.3 Å². The summed E-state index contributed by atoms with van der Waals surface area (Å²) in [6, 6.07) is 9.16. The van der Waals surface area contributed by atoms with Crippen LogP contribution in [0, 0.1) is 0 Å². The summed E-state index contributed by atoms with van der Waals surface area (Å²) < 4.78 is 13.1. The first-order chi connectivity index (χ1) is 11.8. The molecule has 2 aromatic rings. The number of hydrogen-bond acceptors (Lipinski definition) is 4. The molecule has 1 aliphatic heterocycles. The Morgan fingerprint density at radius 1 is 1.42 bits per heavy atom. The lowest BCUT2D eigenvalue weighted by Crippen LogP contribution is -2.25. The SMILES string of the molecule is O=C(NCCCn1cccn1)c1cccc(OC[C@@H]2CCCO2)c1. The van der Waals surface area contributed by atoms with E-state index in [-0.39, 0.29) is 12.0 Å². The standard InChI is InChI=1S/C18H23N3O3/c22-18(19-8-3-10-21-11-4-9-20-21)15-5-1-6-16(13-15)24-14-17-7-2-12-23-17/h1,4-6,9,11,13,17H,2-3,7-8,10,12,14H2,(H,19,22)/t17-/m0/s1. The molecule has 1 saturated heterocycles. The van der Waals surface area contributed by atoms with Crippen LogP contribution in [0.2, 0.25) is 0 Å². The van der Waals surface area contributed by atoms with Gasteiger partial charge >= 0.3 is 0 Å². The Morgan fingerprint density at radius 2 is 2.38 bits per heavy atom. The van der Waals surface area contributed by atoms with Crippen molar-refractivity contribution in [3.63, 3.8) is 0 Å². The zero-order chi connectivity index (χ0) is 16.6. The van der Waals surface area contributed by atoms with Crippen LogP contribution in [0.25, 0.3) is 0 Å². The van der Waals surface area contributed by atoms with Crippen LogP contribution in [-0.4, -0.2) is 41.6 Å². The summed E-state index contributed by atoms with van der Waals surface area (Å²) in [6.45, 7) is 2.75. The monoisotopic (exact) mass is 329 g/mol. The number of nitrogens with one attached hydrogen (secondary N) is 1. The van der Waals surface area contributed by atoms with Crippen molar-refractivity contribution in [2.75, 3.05) is 19.8 Å². The number of aryl methyl sites for hydroxylation is 1. The van der Waals surface area contributed by atoms with E-state index in [1.807, 2.05) is 29.1 Å². The summed E-state index contributed by atoms with van der Waals surface area (Å²) in [5.41, 5.74) is 0.610. The van der Waals surface area contributed by atoms with Crippen molar-refractivity contribution in [2.24, 2.45) is 0 Å². The lowest BCUT2D eigenvalue weighted by molar-refractivity contribution is 0.0679. The number of ether oxygens (including phenoxy) is 2. The topological polar surface area (TPSA) is 65.4 Å². The van der Waals surface area contributed by atoms with E-state index in [9.17, 15) is 4.79 Å². The van der Waals surface area contributed by atoms with E-state index in [2.05, 4.69) is 10.4 Å². The van der Waals surface area contributed by atoms with Gasteiger partial charge in [-0.2, -0.15) is 5.10 Å². The first-order valence-corrected chi connectivity index (χ1v) is 8.41. The Kier molecular flexibility index (Phi) is 5.85. The number of hydrogen-bond donors (Lipinski definition) is 1. The molecule has 2 heterocycles. The molecule has 0 spiro atoms. The maximum absolute atomic E-state index is 12.2. The summed E-state index contributed by atoms with van der Waals surface area (Å²) in [5, 5.41) is 7.06. The Morgan fingerprint density at radius 3 is 3.17 bits per heavy atom. The fourth-order valence-electron chi connectivity index (χ4n) is 2.67. The largest absolute Gasteiger partial charge is 0.491 e. The predicted octanol–water partition coefficient (Wildman–Crippen LogP) is 2.26. The summed E-state index contributed by atoms with van der Waals surface area (Å²) in [5.74, 6) is 0.618. The van der Waals surface area contributed by atoms with Gasteiger partial charge in [0.2, 0.25) is 0 Å². The van der Waals surface area contributed by atoms with Crippen LogP contribution in [0.5, 0.6) is 5.75 Å². The molecule has 1 amide bonds. The first kappa shape index (κ1) is 16.5. The van der Waals surface area contributed by atoms with Crippen LogP contribution in [0.4, 0.5) is 0 Å². The Hall–Kier alpha value is -2.34. The summed E-state index contributed by atoms with van der Waals surface area (Å²) in [4.78, 5) is 12.2. The van der Waals surface area contributed by atoms with Gasteiger partial charge in [0.05, 0.1) is 6.10 Å². The number of amides is 1. The van der Waals surface area contributed by atoms with Crippen molar-refractivity contribution < 1.29 is 14.3 Å². The van der Waals surface area contributed by atoms with Crippen molar-refractivity contribution >= 4 is 5.91 Å². The molecule has 1 N–H and O–H groups in total. The molecule has 0 unspecified atom stereocenters. The molecule has 1 atom stereocenters. The molecule has 0 aliphatic carbocycles. The molecule has 1 aromatic heterocycles. The Bertz CT molecular complexity index is 637. The Balaban J connectivity index is 1.42. The molecule has 1 aromatic carbocycles.